The maximum atomic E-state index is 12.8. The van der Waals surface area contributed by atoms with E-state index in [0.717, 1.165) is 39.3 Å². The van der Waals surface area contributed by atoms with Gasteiger partial charge in [0, 0.05) is 80.4 Å². The lowest BCUT2D eigenvalue weighted by Gasteiger charge is -2.40. The first-order valence-corrected chi connectivity index (χ1v) is 13.6. The molecule has 0 fully saturated rings. The van der Waals surface area contributed by atoms with Gasteiger partial charge in [0.1, 0.15) is 11.5 Å². The van der Waals surface area contributed by atoms with Gasteiger partial charge in [-0.25, -0.2) is 0 Å². The number of rotatable bonds is 7. The second-order valence-corrected chi connectivity index (χ2v) is 10.2. The van der Waals surface area contributed by atoms with E-state index in [9.17, 15) is 10.1 Å². The Morgan fingerprint density at radius 3 is 2.40 bits per heavy atom. The number of aryl methyl sites for hydroxylation is 2. The molecule has 1 aliphatic heterocycles. The highest BCUT2D eigenvalue weighted by molar-refractivity contribution is 6.11. The smallest absolute Gasteiger partial charge is 0.253 e. The van der Waals surface area contributed by atoms with Crippen molar-refractivity contribution >= 4 is 39.8 Å². The molecule has 0 aliphatic carbocycles. The molecule has 9 nitrogen and oxygen atoms in total. The Bertz CT molecular complexity index is 1820. The van der Waals surface area contributed by atoms with Gasteiger partial charge in [0.25, 0.3) is 5.56 Å². The number of nitrogens with two attached hydrogens (primary N) is 1. The van der Waals surface area contributed by atoms with Gasteiger partial charge in [-0.3, -0.25) is 9.79 Å². The highest BCUT2D eigenvalue weighted by Crippen LogP contribution is 2.44. The van der Waals surface area contributed by atoms with E-state index in [2.05, 4.69) is 33.0 Å². The van der Waals surface area contributed by atoms with Crippen LogP contribution in [0.1, 0.15) is 22.3 Å². The molecule has 1 aromatic heterocycles. The molecular formula is C33H34N6O3. The van der Waals surface area contributed by atoms with E-state index in [1.165, 1.54) is 6.20 Å². The number of benzene rings is 3. The Morgan fingerprint density at radius 1 is 1.02 bits per heavy atom. The zero-order valence-electron chi connectivity index (χ0n) is 24.5. The number of nitriles is 1. The van der Waals surface area contributed by atoms with E-state index in [-0.39, 0.29) is 5.56 Å². The molecule has 0 radical (unpaired) electrons. The number of aromatic nitrogens is 1. The molecule has 0 saturated heterocycles. The Kier molecular flexibility index (Phi) is 7.89. The molecular weight excluding hydrogens is 528 g/mol. The summed E-state index contributed by atoms with van der Waals surface area (Å²) in [6, 6.07) is 20.1. The molecule has 0 spiro atoms. The van der Waals surface area contributed by atoms with Crippen LogP contribution in [0.5, 0.6) is 11.5 Å². The molecule has 2 N–H and O–H groups in total. The van der Waals surface area contributed by atoms with Gasteiger partial charge in [-0.15, -0.1) is 0 Å². The van der Waals surface area contributed by atoms with Crippen LogP contribution in [-0.2, 0) is 13.6 Å². The fourth-order valence-corrected chi connectivity index (χ4v) is 5.56. The van der Waals surface area contributed by atoms with E-state index in [4.69, 9.17) is 15.2 Å². The lowest BCUT2D eigenvalue weighted by atomic mass is 9.96. The van der Waals surface area contributed by atoms with Crippen molar-refractivity contribution in [2.75, 3.05) is 44.2 Å². The van der Waals surface area contributed by atoms with Crippen molar-refractivity contribution in [2.45, 2.75) is 13.5 Å². The van der Waals surface area contributed by atoms with Crippen LogP contribution >= 0.6 is 0 Å². The van der Waals surface area contributed by atoms with Gasteiger partial charge >= 0.3 is 0 Å². The van der Waals surface area contributed by atoms with Gasteiger partial charge in [-0.1, -0.05) is 12.1 Å². The zero-order chi connectivity index (χ0) is 30.0. The summed E-state index contributed by atoms with van der Waals surface area (Å²) in [6.45, 7) is 3.84. The topological polar surface area (TPSA) is 109 Å². The number of pyridine rings is 1. The Labute approximate surface area is 245 Å². The second kappa shape index (κ2) is 11.7. The third kappa shape index (κ3) is 5.03. The molecule has 0 atom stereocenters. The predicted molar refractivity (Wildman–Crippen MR) is 169 cm³/mol. The van der Waals surface area contributed by atoms with Crippen molar-refractivity contribution in [1.29, 1.82) is 5.26 Å². The summed E-state index contributed by atoms with van der Waals surface area (Å²) in [5.74, 6) is 1.44. The maximum absolute atomic E-state index is 12.8. The molecule has 3 aromatic carbocycles. The van der Waals surface area contributed by atoms with Crippen molar-refractivity contribution in [2.24, 2.45) is 17.8 Å². The molecule has 2 heterocycles. The Balaban J connectivity index is 1.74. The number of allylic oxidation sites excluding steroid dienone is 1. The van der Waals surface area contributed by atoms with Crippen molar-refractivity contribution in [3.8, 4) is 17.6 Å². The molecule has 9 heteroatoms. The normalized spacial score (nSPS) is 13.4. The minimum atomic E-state index is -0.0542. The van der Waals surface area contributed by atoms with Gasteiger partial charge in [-0.05, 0) is 42.8 Å². The fraction of sp³-hybridized carbons (Fsp3) is 0.242. The summed E-state index contributed by atoms with van der Waals surface area (Å²) < 4.78 is 12.7. The van der Waals surface area contributed by atoms with E-state index >= 15 is 0 Å². The first-order chi connectivity index (χ1) is 20.3. The van der Waals surface area contributed by atoms with Crippen LogP contribution in [0.15, 0.2) is 70.6 Å². The highest BCUT2D eigenvalue weighted by Gasteiger charge is 2.28. The van der Waals surface area contributed by atoms with E-state index in [1.807, 2.05) is 49.4 Å². The quantitative estimate of drug-likeness (QED) is 0.319. The van der Waals surface area contributed by atoms with Crippen molar-refractivity contribution < 1.29 is 9.47 Å². The molecule has 214 valence electrons. The van der Waals surface area contributed by atoms with Crippen LogP contribution in [0.2, 0.25) is 0 Å². The molecule has 1 aliphatic rings. The average Bonchev–Trinajstić information content (AvgIpc) is 3.02. The summed E-state index contributed by atoms with van der Waals surface area (Å²) in [5.41, 5.74) is 13.1. The second-order valence-electron chi connectivity index (χ2n) is 10.2. The maximum Gasteiger partial charge on any atom is 0.253 e. The van der Waals surface area contributed by atoms with Gasteiger partial charge in [-0.2, -0.15) is 5.26 Å². The van der Waals surface area contributed by atoms with Crippen LogP contribution in [0.25, 0.3) is 16.5 Å². The lowest BCUT2D eigenvalue weighted by molar-refractivity contribution is 0.414. The summed E-state index contributed by atoms with van der Waals surface area (Å²) in [7, 11) is 6.73. The van der Waals surface area contributed by atoms with Crippen molar-refractivity contribution in [1.82, 2.24) is 4.57 Å². The first kappa shape index (κ1) is 28.3. The van der Waals surface area contributed by atoms with Gasteiger partial charge in [0.05, 0.1) is 48.4 Å². The molecule has 0 amide bonds. The average molecular weight is 563 g/mol. The SMILES string of the molecule is CN=C/C(=C\N)c1cc2c(cc1C#N)N(c1cc(OC)cc3c1cc(C)c(=O)n3C)CCN2Cc1ccc(OC)cc1. The molecule has 0 bridgehead atoms. The van der Waals surface area contributed by atoms with E-state index in [1.54, 1.807) is 39.1 Å². The summed E-state index contributed by atoms with van der Waals surface area (Å²) >= 11 is 0. The molecule has 42 heavy (non-hydrogen) atoms. The Morgan fingerprint density at radius 2 is 1.76 bits per heavy atom. The van der Waals surface area contributed by atoms with Crippen LogP contribution in [-0.4, -0.2) is 45.1 Å². The number of fused-ring (bicyclic) bond motifs is 2. The lowest BCUT2D eigenvalue weighted by Crippen LogP contribution is -2.39. The molecule has 0 saturated carbocycles. The summed E-state index contributed by atoms with van der Waals surface area (Å²) in [5, 5.41) is 11.2. The standard InChI is InChI=1S/C33H34N6O3/c1-21-12-28-29(37(3)33(21)40)14-26(42-5)15-30(28)39-11-10-38(20-22-6-8-25(41-4)9-7-22)31-16-27(24(18-35)19-36-2)23(17-34)13-32(31)39/h6-9,12-16,18-19H,10-11,20,35H2,1-5H3/b24-18+,36-19?. The predicted octanol–water partition coefficient (Wildman–Crippen LogP) is 4.89. The van der Waals surface area contributed by atoms with Crippen LogP contribution in [0.3, 0.4) is 0 Å². The first-order valence-electron chi connectivity index (χ1n) is 13.6. The largest absolute Gasteiger partial charge is 0.497 e. The summed E-state index contributed by atoms with van der Waals surface area (Å²) in [4.78, 5) is 21.5. The van der Waals surface area contributed by atoms with Crippen molar-refractivity contribution in [3.63, 3.8) is 0 Å². The minimum absolute atomic E-state index is 0.0542. The monoisotopic (exact) mass is 562 g/mol. The minimum Gasteiger partial charge on any atom is -0.497 e. The number of hydrogen-bond donors (Lipinski definition) is 1. The number of nitrogens with zero attached hydrogens (tertiary/aromatic N) is 5. The van der Waals surface area contributed by atoms with Gasteiger partial charge in [0.15, 0.2) is 0 Å². The summed E-state index contributed by atoms with van der Waals surface area (Å²) in [6.07, 6.45) is 3.14. The van der Waals surface area contributed by atoms with Crippen molar-refractivity contribution in [3.05, 3.63) is 93.4 Å². The van der Waals surface area contributed by atoms with Gasteiger partial charge in [0.2, 0.25) is 0 Å². The zero-order valence-corrected chi connectivity index (χ0v) is 24.5. The highest BCUT2D eigenvalue weighted by atomic mass is 16.5. The fourth-order valence-electron chi connectivity index (χ4n) is 5.56. The molecule has 4 aromatic rings. The number of ether oxygens (including phenoxy) is 2. The van der Waals surface area contributed by atoms with E-state index < -0.39 is 0 Å². The molecule has 0 unspecified atom stereocenters. The number of aliphatic imine (C=N–C) groups is 1. The van der Waals surface area contributed by atoms with E-state index in [0.29, 0.717) is 47.6 Å². The van der Waals surface area contributed by atoms with Crippen LogP contribution in [0.4, 0.5) is 17.1 Å². The Hall–Kier alpha value is -5.23. The van der Waals surface area contributed by atoms with Crippen LogP contribution < -0.4 is 30.6 Å². The third-order valence-electron chi connectivity index (χ3n) is 7.75. The number of anilines is 3. The molecule has 5 rings (SSSR count). The van der Waals surface area contributed by atoms with Gasteiger partial charge < -0.3 is 29.6 Å². The third-order valence-corrected chi connectivity index (χ3v) is 7.75. The number of hydrogen-bond acceptors (Lipinski definition) is 8. The van der Waals surface area contributed by atoms with Crippen LogP contribution in [0, 0.1) is 18.3 Å². The number of methoxy groups -OCH3 is 2.